The van der Waals surface area contributed by atoms with E-state index in [1.54, 1.807) is 31.4 Å². The Hall–Kier alpha value is -3.60. The summed E-state index contributed by atoms with van der Waals surface area (Å²) in [6, 6.07) is 26.1. The molecule has 0 bridgehead atoms. The lowest BCUT2D eigenvalue weighted by atomic mass is 9.90. The van der Waals surface area contributed by atoms with E-state index in [4.69, 9.17) is 4.74 Å². The molecule has 0 aliphatic heterocycles. The molecule has 0 saturated carbocycles. The summed E-state index contributed by atoms with van der Waals surface area (Å²) in [5.41, 5.74) is 2.36. The molecule has 0 heterocycles. The summed E-state index contributed by atoms with van der Waals surface area (Å²) in [7, 11) is 1.56. The van der Waals surface area contributed by atoms with Gasteiger partial charge >= 0.3 is 0 Å². The van der Waals surface area contributed by atoms with Crippen molar-refractivity contribution in [2.45, 2.75) is 5.92 Å². The van der Waals surface area contributed by atoms with Crippen LogP contribution >= 0.6 is 0 Å². The molecule has 0 aliphatic rings. The van der Waals surface area contributed by atoms with Gasteiger partial charge in [-0.05, 0) is 23.3 Å². The molecule has 2 amide bonds. The predicted octanol–water partition coefficient (Wildman–Crippen LogP) is 3.58. The van der Waals surface area contributed by atoms with Crippen LogP contribution in [0.3, 0.4) is 0 Å². The Morgan fingerprint density at radius 3 is 2.04 bits per heavy atom. The minimum Gasteiger partial charge on any atom is -0.497 e. The number of amides is 2. The standard InChI is InChI=1S/C23H22N2O3/c1-28-20-14-8-13-19(15-20)25-21(26)16-24-23(27)22(17-9-4-2-5-10-17)18-11-6-3-7-12-18/h2-15,22H,16H2,1H3,(H,24,27)(H,25,26). The fourth-order valence-corrected chi connectivity index (χ4v) is 2.96. The molecule has 142 valence electrons. The number of carbonyl (C=O) groups excluding carboxylic acids is 2. The minimum atomic E-state index is -0.480. The van der Waals surface area contributed by atoms with Crippen LogP contribution in [0.5, 0.6) is 5.75 Å². The van der Waals surface area contributed by atoms with Gasteiger partial charge in [-0.1, -0.05) is 66.7 Å². The fourth-order valence-electron chi connectivity index (χ4n) is 2.96. The molecule has 0 radical (unpaired) electrons. The summed E-state index contributed by atoms with van der Waals surface area (Å²) in [6.45, 7) is -0.119. The molecule has 5 nitrogen and oxygen atoms in total. The van der Waals surface area contributed by atoms with Crippen LogP contribution in [0.2, 0.25) is 0 Å². The van der Waals surface area contributed by atoms with E-state index < -0.39 is 5.92 Å². The van der Waals surface area contributed by atoms with Crippen molar-refractivity contribution in [3.8, 4) is 5.75 Å². The number of hydrogen-bond acceptors (Lipinski definition) is 3. The summed E-state index contributed by atoms with van der Waals surface area (Å²) in [4.78, 5) is 25.1. The minimum absolute atomic E-state index is 0.119. The van der Waals surface area contributed by atoms with Gasteiger partial charge in [0.1, 0.15) is 5.75 Å². The molecule has 0 saturated heterocycles. The number of hydrogen-bond donors (Lipinski definition) is 2. The third-order valence-corrected chi connectivity index (χ3v) is 4.30. The molecule has 3 aromatic carbocycles. The van der Waals surface area contributed by atoms with Crippen molar-refractivity contribution in [1.82, 2.24) is 5.32 Å². The molecule has 5 heteroatoms. The van der Waals surface area contributed by atoms with Crippen LogP contribution in [0.15, 0.2) is 84.9 Å². The van der Waals surface area contributed by atoms with Gasteiger partial charge in [-0.15, -0.1) is 0 Å². The highest BCUT2D eigenvalue weighted by molar-refractivity contribution is 5.96. The Morgan fingerprint density at radius 2 is 1.46 bits per heavy atom. The van der Waals surface area contributed by atoms with Crippen LogP contribution in [-0.2, 0) is 9.59 Å². The zero-order valence-electron chi connectivity index (χ0n) is 15.6. The fraction of sp³-hybridized carbons (Fsp3) is 0.130. The first-order valence-corrected chi connectivity index (χ1v) is 8.99. The second kappa shape index (κ2) is 9.37. The van der Waals surface area contributed by atoms with Crippen LogP contribution in [0.25, 0.3) is 0 Å². The number of methoxy groups -OCH3 is 1. The second-order valence-electron chi connectivity index (χ2n) is 6.25. The van der Waals surface area contributed by atoms with Crippen molar-refractivity contribution in [2.24, 2.45) is 0 Å². The van der Waals surface area contributed by atoms with E-state index in [1.807, 2.05) is 60.7 Å². The van der Waals surface area contributed by atoms with Crippen molar-refractivity contribution in [3.63, 3.8) is 0 Å². The van der Waals surface area contributed by atoms with Crippen LogP contribution < -0.4 is 15.4 Å². The van der Waals surface area contributed by atoms with E-state index in [1.165, 1.54) is 0 Å². The average Bonchev–Trinajstić information content (AvgIpc) is 2.74. The SMILES string of the molecule is COc1cccc(NC(=O)CNC(=O)C(c2ccccc2)c2ccccc2)c1. The maximum Gasteiger partial charge on any atom is 0.243 e. The Labute approximate surface area is 164 Å². The number of benzene rings is 3. The summed E-state index contributed by atoms with van der Waals surface area (Å²) < 4.78 is 5.14. The van der Waals surface area contributed by atoms with Gasteiger partial charge in [-0.2, -0.15) is 0 Å². The first kappa shape index (κ1) is 19.2. The van der Waals surface area contributed by atoms with Crippen molar-refractivity contribution in [3.05, 3.63) is 96.1 Å². The number of anilines is 1. The maximum atomic E-state index is 12.9. The van der Waals surface area contributed by atoms with Gasteiger partial charge < -0.3 is 15.4 Å². The maximum absolute atomic E-state index is 12.9. The number of ether oxygens (including phenoxy) is 1. The lowest BCUT2D eigenvalue weighted by molar-refractivity contribution is -0.124. The highest BCUT2D eigenvalue weighted by atomic mass is 16.5. The van der Waals surface area contributed by atoms with Gasteiger partial charge in [-0.3, -0.25) is 9.59 Å². The molecule has 0 spiro atoms. The summed E-state index contributed by atoms with van der Waals surface area (Å²) in [5.74, 6) is -0.359. The van der Waals surface area contributed by atoms with Crippen molar-refractivity contribution in [1.29, 1.82) is 0 Å². The van der Waals surface area contributed by atoms with E-state index in [-0.39, 0.29) is 18.4 Å². The third-order valence-electron chi connectivity index (χ3n) is 4.30. The topological polar surface area (TPSA) is 67.4 Å². The first-order chi connectivity index (χ1) is 13.7. The quantitative estimate of drug-likeness (QED) is 0.664. The molecular formula is C23H22N2O3. The van der Waals surface area contributed by atoms with Crippen LogP contribution in [-0.4, -0.2) is 25.5 Å². The van der Waals surface area contributed by atoms with Gasteiger partial charge in [0.05, 0.1) is 19.6 Å². The van der Waals surface area contributed by atoms with Gasteiger partial charge in [0.2, 0.25) is 11.8 Å². The Balaban J connectivity index is 1.67. The monoisotopic (exact) mass is 374 g/mol. The molecule has 0 fully saturated rings. The molecule has 3 aromatic rings. The Bertz CT molecular complexity index is 887. The molecule has 0 unspecified atom stereocenters. The molecule has 0 aliphatic carbocycles. The van der Waals surface area contributed by atoms with Gasteiger partial charge in [-0.25, -0.2) is 0 Å². The highest BCUT2D eigenvalue weighted by Gasteiger charge is 2.22. The predicted molar refractivity (Wildman–Crippen MR) is 109 cm³/mol. The molecule has 2 N–H and O–H groups in total. The second-order valence-corrected chi connectivity index (χ2v) is 6.25. The zero-order chi connectivity index (χ0) is 19.8. The first-order valence-electron chi connectivity index (χ1n) is 8.99. The Kier molecular flexibility index (Phi) is 6.41. The van der Waals surface area contributed by atoms with Crippen LogP contribution in [0, 0.1) is 0 Å². The summed E-state index contributed by atoms with van der Waals surface area (Å²) >= 11 is 0. The number of carbonyl (C=O) groups is 2. The van der Waals surface area contributed by atoms with E-state index >= 15 is 0 Å². The van der Waals surface area contributed by atoms with Gasteiger partial charge in [0.15, 0.2) is 0 Å². The lowest BCUT2D eigenvalue weighted by Gasteiger charge is -2.18. The van der Waals surface area contributed by atoms with Crippen molar-refractivity contribution >= 4 is 17.5 Å². The normalized spacial score (nSPS) is 10.4. The molecule has 28 heavy (non-hydrogen) atoms. The van der Waals surface area contributed by atoms with E-state index in [9.17, 15) is 9.59 Å². The number of rotatable bonds is 7. The van der Waals surface area contributed by atoms with E-state index in [0.717, 1.165) is 11.1 Å². The third kappa shape index (κ3) is 4.98. The lowest BCUT2D eigenvalue weighted by Crippen LogP contribution is -2.36. The Morgan fingerprint density at radius 1 is 0.857 bits per heavy atom. The van der Waals surface area contributed by atoms with E-state index in [0.29, 0.717) is 11.4 Å². The van der Waals surface area contributed by atoms with Gasteiger partial charge in [0.25, 0.3) is 0 Å². The summed E-state index contributed by atoms with van der Waals surface area (Å²) in [6.07, 6.45) is 0. The largest absolute Gasteiger partial charge is 0.497 e. The number of nitrogens with one attached hydrogen (secondary N) is 2. The average molecular weight is 374 g/mol. The zero-order valence-corrected chi connectivity index (χ0v) is 15.6. The molecular weight excluding hydrogens is 352 g/mol. The van der Waals surface area contributed by atoms with Crippen LogP contribution in [0.1, 0.15) is 17.0 Å². The van der Waals surface area contributed by atoms with Crippen molar-refractivity contribution < 1.29 is 14.3 Å². The highest BCUT2D eigenvalue weighted by Crippen LogP contribution is 2.24. The van der Waals surface area contributed by atoms with Gasteiger partial charge in [0, 0.05) is 11.8 Å². The van der Waals surface area contributed by atoms with Crippen LogP contribution in [0.4, 0.5) is 5.69 Å². The molecule has 0 aromatic heterocycles. The summed E-state index contributed by atoms with van der Waals surface area (Å²) in [5, 5.41) is 5.50. The van der Waals surface area contributed by atoms with Crippen molar-refractivity contribution in [2.75, 3.05) is 19.0 Å². The van der Waals surface area contributed by atoms with E-state index in [2.05, 4.69) is 10.6 Å². The molecule has 3 rings (SSSR count). The smallest absolute Gasteiger partial charge is 0.243 e. The molecule has 0 atom stereocenters.